The summed E-state index contributed by atoms with van der Waals surface area (Å²) in [6.07, 6.45) is 4.05. The van der Waals surface area contributed by atoms with E-state index < -0.39 is 4.92 Å². The highest BCUT2D eigenvalue weighted by Gasteiger charge is 2.34. The second-order valence-corrected chi connectivity index (χ2v) is 5.11. The SMILES string of the molecule is CCCN(C(=O)c1cc([N+](=O)[O-])cnc1NCC)C1CC1. The normalized spacial score (nSPS) is 13.8. The molecule has 0 atom stereocenters. The number of carbonyl (C=O) groups excluding carboxylic acids is 1. The molecule has 0 radical (unpaired) electrons. The van der Waals surface area contributed by atoms with Gasteiger partial charge in [0.05, 0.1) is 10.5 Å². The lowest BCUT2D eigenvalue weighted by Crippen LogP contribution is -2.34. The first kappa shape index (κ1) is 15.2. The van der Waals surface area contributed by atoms with E-state index in [2.05, 4.69) is 10.3 Å². The van der Waals surface area contributed by atoms with E-state index in [9.17, 15) is 14.9 Å². The van der Waals surface area contributed by atoms with Gasteiger partial charge in [-0.1, -0.05) is 6.92 Å². The lowest BCUT2D eigenvalue weighted by Gasteiger charge is -2.22. The Bertz CT molecular complexity index is 543. The molecule has 0 saturated heterocycles. The molecule has 7 nitrogen and oxygen atoms in total. The summed E-state index contributed by atoms with van der Waals surface area (Å²) in [5.41, 5.74) is 0.124. The summed E-state index contributed by atoms with van der Waals surface area (Å²) in [5.74, 6) is 0.237. The van der Waals surface area contributed by atoms with Crippen LogP contribution in [0.15, 0.2) is 12.3 Å². The largest absolute Gasteiger partial charge is 0.370 e. The van der Waals surface area contributed by atoms with Crippen molar-refractivity contribution in [3.63, 3.8) is 0 Å². The van der Waals surface area contributed by atoms with Crippen molar-refractivity contribution in [1.82, 2.24) is 9.88 Å². The molecule has 1 aliphatic rings. The summed E-state index contributed by atoms with van der Waals surface area (Å²) in [4.78, 5) is 28.9. The summed E-state index contributed by atoms with van der Waals surface area (Å²) in [6.45, 7) is 5.17. The molecule has 1 N–H and O–H groups in total. The Morgan fingerprint density at radius 1 is 1.52 bits per heavy atom. The third-order valence-corrected chi connectivity index (χ3v) is 3.37. The van der Waals surface area contributed by atoms with Crippen molar-refractivity contribution >= 4 is 17.4 Å². The molecule has 1 aromatic rings. The highest BCUT2D eigenvalue weighted by atomic mass is 16.6. The predicted octanol–water partition coefficient (Wildman–Crippen LogP) is 2.44. The Morgan fingerprint density at radius 3 is 2.76 bits per heavy atom. The number of hydrogen-bond donors (Lipinski definition) is 1. The van der Waals surface area contributed by atoms with Crippen LogP contribution < -0.4 is 5.32 Å². The fraction of sp³-hybridized carbons (Fsp3) is 0.571. The lowest BCUT2D eigenvalue weighted by molar-refractivity contribution is -0.385. The Balaban J connectivity index is 2.35. The number of anilines is 1. The van der Waals surface area contributed by atoms with Gasteiger partial charge in [0.2, 0.25) is 0 Å². The van der Waals surface area contributed by atoms with Crippen molar-refractivity contribution in [2.45, 2.75) is 39.2 Å². The molecule has 2 rings (SSSR count). The molecule has 1 fully saturated rings. The molecular formula is C14H20N4O3. The zero-order valence-corrected chi connectivity index (χ0v) is 12.3. The minimum Gasteiger partial charge on any atom is -0.370 e. The average Bonchev–Trinajstić information content (AvgIpc) is 3.29. The zero-order chi connectivity index (χ0) is 15.4. The summed E-state index contributed by atoms with van der Waals surface area (Å²) in [5, 5.41) is 13.9. The van der Waals surface area contributed by atoms with E-state index in [4.69, 9.17) is 0 Å². The van der Waals surface area contributed by atoms with Gasteiger partial charge in [-0.05, 0) is 26.2 Å². The van der Waals surface area contributed by atoms with Crippen molar-refractivity contribution in [3.05, 3.63) is 27.9 Å². The summed E-state index contributed by atoms with van der Waals surface area (Å²) < 4.78 is 0. The number of pyridine rings is 1. The molecule has 1 amide bonds. The molecular weight excluding hydrogens is 272 g/mol. The summed E-state index contributed by atoms with van der Waals surface area (Å²) in [6, 6.07) is 1.59. The van der Waals surface area contributed by atoms with Gasteiger partial charge in [-0.2, -0.15) is 0 Å². The minimum atomic E-state index is -0.527. The highest BCUT2D eigenvalue weighted by molar-refractivity contribution is 5.99. The van der Waals surface area contributed by atoms with Gasteiger partial charge in [-0.25, -0.2) is 4.98 Å². The van der Waals surface area contributed by atoms with Gasteiger partial charge >= 0.3 is 0 Å². The van der Waals surface area contributed by atoms with E-state index in [1.807, 2.05) is 18.7 Å². The molecule has 1 saturated carbocycles. The van der Waals surface area contributed by atoms with Crippen molar-refractivity contribution < 1.29 is 9.72 Å². The third-order valence-electron chi connectivity index (χ3n) is 3.37. The van der Waals surface area contributed by atoms with Crippen LogP contribution in [0.4, 0.5) is 11.5 Å². The second-order valence-electron chi connectivity index (χ2n) is 5.11. The van der Waals surface area contributed by atoms with Crippen LogP contribution in [0.5, 0.6) is 0 Å². The predicted molar refractivity (Wildman–Crippen MR) is 79.4 cm³/mol. The van der Waals surface area contributed by atoms with Crippen LogP contribution in [-0.2, 0) is 0 Å². The first-order valence-corrected chi connectivity index (χ1v) is 7.27. The van der Waals surface area contributed by atoms with Gasteiger partial charge in [-0.3, -0.25) is 14.9 Å². The third kappa shape index (κ3) is 3.48. The minimum absolute atomic E-state index is 0.160. The van der Waals surface area contributed by atoms with Gasteiger partial charge in [0, 0.05) is 25.2 Å². The molecule has 7 heteroatoms. The van der Waals surface area contributed by atoms with Crippen molar-refractivity contribution in [3.8, 4) is 0 Å². The lowest BCUT2D eigenvalue weighted by atomic mass is 10.2. The Hall–Kier alpha value is -2.18. The maximum absolute atomic E-state index is 12.7. The first-order valence-electron chi connectivity index (χ1n) is 7.27. The van der Waals surface area contributed by atoms with Gasteiger partial charge in [0.15, 0.2) is 0 Å². The molecule has 114 valence electrons. The monoisotopic (exact) mass is 292 g/mol. The fourth-order valence-electron chi connectivity index (χ4n) is 2.26. The topological polar surface area (TPSA) is 88.4 Å². The van der Waals surface area contributed by atoms with Crippen LogP contribution in [0.2, 0.25) is 0 Å². The van der Waals surface area contributed by atoms with Gasteiger partial charge < -0.3 is 10.2 Å². The van der Waals surface area contributed by atoms with E-state index in [1.165, 1.54) is 12.3 Å². The van der Waals surface area contributed by atoms with Crippen LogP contribution in [0.1, 0.15) is 43.5 Å². The molecule has 0 unspecified atom stereocenters. The van der Waals surface area contributed by atoms with Crippen molar-refractivity contribution in [2.24, 2.45) is 0 Å². The van der Waals surface area contributed by atoms with Gasteiger partial charge in [-0.15, -0.1) is 0 Å². The Kier molecular flexibility index (Phi) is 4.72. The van der Waals surface area contributed by atoms with Crippen LogP contribution in [0, 0.1) is 10.1 Å². The fourth-order valence-corrected chi connectivity index (χ4v) is 2.26. The van der Waals surface area contributed by atoms with E-state index >= 15 is 0 Å². The van der Waals surface area contributed by atoms with Crippen LogP contribution >= 0.6 is 0 Å². The maximum atomic E-state index is 12.7. The van der Waals surface area contributed by atoms with E-state index in [-0.39, 0.29) is 23.2 Å². The average molecular weight is 292 g/mol. The number of nitrogens with zero attached hydrogens (tertiary/aromatic N) is 3. The number of aromatic nitrogens is 1. The Morgan fingerprint density at radius 2 is 2.24 bits per heavy atom. The molecule has 0 spiro atoms. The molecule has 0 bridgehead atoms. The second kappa shape index (κ2) is 6.51. The molecule has 0 aliphatic heterocycles. The van der Waals surface area contributed by atoms with E-state index in [1.54, 1.807) is 0 Å². The molecule has 0 aromatic carbocycles. The number of rotatable bonds is 7. The summed E-state index contributed by atoms with van der Waals surface area (Å²) in [7, 11) is 0. The van der Waals surface area contributed by atoms with Crippen molar-refractivity contribution in [1.29, 1.82) is 0 Å². The smallest absolute Gasteiger partial charge is 0.288 e. The Labute approximate surface area is 123 Å². The van der Waals surface area contributed by atoms with E-state index in [0.29, 0.717) is 18.9 Å². The molecule has 1 aliphatic carbocycles. The van der Waals surface area contributed by atoms with E-state index in [0.717, 1.165) is 19.3 Å². The maximum Gasteiger partial charge on any atom is 0.288 e. The number of amides is 1. The quantitative estimate of drug-likeness (QED) is 0.616. The van der Waals surface area contributed by atoms with Gasteiger partial charge in [0.1, 0.15) is 12.0 Å². The number of nitrogens with one attached hydrogen (secondary N) is 1. The molecule has 1 heterocycles. The molecule has 21 heavy (non-hydrogen) atoms. The number of carbonyl (C=O) groups is 1. The standard InChI is InChI=1S/C14H20N4O3/c1-3-7-17(10-5-6-10)14(19)12-8-11(18(20)21)9-16-13(12)15-4-2/h8-10H,3-7H2,1-2H3,(H,15,16). The van der Waals surface area contributed by atoms with Crippen molar-refractivity contribution in [2.75, 3.05) is 18.4 Å². The van der Waals surface area contributed by atoms with Crippen LogP contribution in [0.3, 0.4) is 0 Å². The zero-order valence-electron chi connectivity index (χ0n) is 12.3. The summed E-state index contributed by atoms with van der Waals surface area (Å²) >= 11 is 0. The molecule has 1 aromatic heterocycles. The highest BCUT2D eigenvalue weighted by Crippen LogP contribution is 2.30. The van der Waals surface area contributed by atoms with Gasteiger partial charge in [0.25, 0.3) is 11.6 Å². The van der Waals surface area contributed by atoms with Crippen LogP contribution in [0.25, 0.3) is 0 Å². The number of nitro groups is 1. The number of hydrogen-bond acceptors (Lipinski definition) is 5. The first-order chi connectivity index (χ1) is 10.1. The van der Waals surface area contributed by atoms with Crippen LogP contribution in [-0.4, -0.2) is 39.8 Å².